The van der Waals surface area contributed by atoms with Crippen molar-refractivity contribution in [3.63, 3.8) is 0 Å². The highest BCUT2D eigenvalue weighted by molar-refractivity contribution is 7.80. The van der Waals surface area contributed by atoms with Crippen molar-refractivity contribution < 1.29 is 4.90 Å². The van der Waals surface area contributed by atoms with Crippen molar-refractivity contribution in [2.75, 3.05) is 18.4 Å². The van der Waals surface area contributed by atoms with Gasteiger partial charge in [0.25, 0.3) is 0 Å². The minimum atomic E-state index is 0.220. The number of benzene rings is 1. The van der Waals surface area contributed by atoms with Gasteiger partial charge in [0.2, 0.25) is 0 Å². The molecule has 2 heterocycles. The Kier molecular flexibility index (Phi) is 6.58. The number of hydrogen-bond acceptors (Lipinski definition) is 2. The highest BCUT2D eigenvalue weighted by Gasteiger charge is 2.33. The Morgan fingerprint density at radius 1 is 1.24 bits per heavy atom. The number of thiocarbonyl (C=S) groups is 1. The van der Waals surface area contributed by atoms with Crippen LogP contribution in [0.2, 0.25) is 10.0 Å². The number of thiophene rings is 1. The van der Waals surface area contributed by atoms with E-state index in [2.05, 4.69) is 35.1 Å². The maximum absolute atomic E-state index is 6.22. The van der Waals surface area contributed by atoms with Crippen molar-refractivity contribution in [1.29, 1.82) is 0 Å². The van der Waals surface area contributed by atoms with Crippen molar-refractivity contribution in [1.82, 2.24) is 5.32 Å². The van der Waals surface area contributed by atoms with Crippen LogP contribution in [0.5, 0.6) is 0 Å². The van der Waals surface area contributed by atoms with Gasteiger partial charge < -0.3 is 15.5 Å². The smallest absolute Gasteiger partial charge is 0.171 e. The molecule has 1 aliphatic rings. The van der Waals surface area contributed by atoms with Gasteiger partial charge in [0, 0.05) is 17.9 Å². The standard InChI is InChI=1S/C18H21Cl2N3S2/c1-12(17(16-5-4-10-25-16)23-8-2-3-9-23)21-18(24)22-15-7-6-13(19)11-14(15)20/h4-7,10-12,17H,2-3,8-9H2,1H3,(H2,21,22,24)/p+1/t12-,17+/m0/s1. The van der Waals surface area contributed by atoms with Crippen LogP contribution in [0.3, 0.4) is 0 Å². The first-order chi connectivity index (χ1) is 12.0. The van der Waals surface area contributed by atoms with E-state index in [4.69, 9.17) is 35.4 Å². The molecule has 1 saturated heterocycles. The fourth-order valence-electron chi connectivity index (χ4n) is 3.45. The van der Waals surface area contributed by atoms with Gasteiger partial charge in [0.15, 0.2) is 5.11 Å². The van der Waals surface area contributed by atoms with E-state index in [1.807, 2.05) is 17.4 Å². The van der Waals surface area contributed by atoms with Gasteiger partial charge >= 0.3 is 0 Å². The van der Waals surface area contributed by atoms with E-state index in [0.29, 0.717) is 21.2 Å². The first-order valence-electron chi connectivity index (χ1n) is 8.45. The molecule has 3 rings (SSSR count). The van der Waals surface area contributed by atoms with E-state index in [-0.39, 0.29) is 6.04 Å². The summed E-state index contributed by atoms with van der Waals surface area (Å²) < 4.78 is 0. The molecule has 0 bridgehead atoms. The zero-order chi connectivity index (χ0) is 17.8. The second-order valence-corrected chi connectivity index (χ2v) is 8.60. The summed E-state index contributed by atoms with van der Waals surface area (Å²) in [5.41, 5.74) is 0.761. The van der Waals surface area contributed by atoms with Gasteiger partial charge in [0.05, 0.1) is 34.7 Å². The minimum Gasteiger partial charge on any atom is -0.354 e. The van der Waals surface area contributed by atoms with E-state index in [0.717, 1.165) is 5.69 Å². The molecule has 2 aromatic rings. The lowest BCUT2D eigenvalue weighted by atomic mass is 10.1. The third kappa shape index (κ3) is 4.86. The molecule has 0 radical (unpaired) electrons. The Morgan fingerprint density at radius 3 is 2.64 bits per heavy atom. The first kappa shape index (κ1) is 18.9. The molecule has 1 aromatic carbocycles. The van der Waals surface area contributed by atoms with E-state index in [1.165, 1.54) is 30.8 Å². The van der Waals surface area contributed by atoms with Crippen LogP contribution >= 0.6 is 46.8 Å². The van der Waals surface area contributed by atoms with Crippen molar-refractivity contribution in [2.45, 2.75) is 31.8 Å². The molecule has 1 aromatic heterocycles. The molecule has 25 heavy (non-hydrogen) atoms. The van der Waals surface area contributed by atoms with Crippen molar-refractivity contribution in [3.05, 3.63) is 50.6 Å². The average molecular weight is 415 g/mol. The fourth-order valence-corrected chi connectivity index (χ4v) is 5.19. The zero-order valence-electron chi connectivity index (χ0n) is 14.0. The molecule has 1 aliphatic heterocycles. The third-order valence-electron chi connectivity index (χ3n) is 4.57. The molecule has 3 N–H and O–H groups in total. The number of quaternary nitrogens is 1. The summed E-state index contributed by atoms with van der Waals surface area (Å²) in [6, 6.07) is 10.3. The van der Waals surface area contributed by atoms with Crippen LogP contribution in [-0.4, -0.2) is 24.2 Å². The van der Waals surface area contributed by atoms with E-state index < -0.39 is 0 Å². The average Bonchev–Trinajstić information content (AvgIpc) is 3.24. The molecule has 0 aliphatic carbocycles. The molecule has 0 unspecified atom stereocenters. The normalized spacial score (nSPS) is 17.2. The first-order valence-corrected chi connectivity index (χ1v) is 10.5. The van der Waals surface area contributed by atoms with Crippen LogP contribution in [0, 0.1) is 0 Å². The second-order valence-electron chi connectivity index (χ2n) is 6.37. The number of anilines is 1. The predicted molar refractivity (Wildman–Crippen MR) is 112 cm³/mol. The summed E-state index contributed by atoms with van der Waals surface area (Å²) >= 11 is 19.5. The van der Waals surface area contributed by atoms with E-state index >= 15 is 0 Å². The summed E-state index contributed by atoms with van der Waals surface area (Å²) in [4.78, 5) is 3.04. The van der Waals surface area contributed by atoms with Crippen LogP contribution < -0.4 is 15.5 Å². The molecule has 7 heteroatoms. The largest absolute Gasteiger partial charge is 0.354 e. The lowest BCUT2D eigenvalue weighted by Gasteiger charge is -2.30. The maximum Gasteiger partial charge on any atom is 0.171 e. The monoisotopic (exact) mass is 414 g/mol. The number of nitrogens with one attached hydrogen (secondary N) is 3. The summed E-state index contributed by atoms with van der Waals surface area (Å²) in [6.07, 6.45) is 2.60. The zero-order valence-corrected chi connectivity index (χ0v) is 17.2. The van der Waals surface area contributed by atoms with Gasteiger partial charge in [-0.25, -0.2) is 0 Å². The van der Waals surface area contributed by atoms with Gasteiger partial charge in [-0.05, 0) is 48.8 Å². The summed E-state index contributed by atoms with van der Waals surface area (Å²) in [6.45, 7) is 4.64. The van der Waals surface area contributed by atoms with Crippen LogP contribution in [-0.2, 0) is 0 Å². The fraction of sp³-hybridized carbons (Fsp3) is 0.389. The topological polar surface area (TPSA) is 28.5 Å². The van der Waals surface area contributed by atoms with Crippen molar-refractivity contribution in [3.8, 4) is 0 Å². The van der Waals surface area contributed by atoms with E-state index in [9.17, 15) is 0 Å². The molecule has 3 nitrogen and oxygen atoms in total. The number of hydrogen-bond donors (Lipinski definition) is 3. The predicted octanol–water partition coefficient (Wildman–Crippen LogP) is 4.15. The summed E-state index contributed by atoms with van der Waals surface area (Å²) in [5.74, 6) is 0. The molecule has 0 spiro atoms. The number of halogens is 2. The Bertz CT molecular complexity index is 715. The highest BCUT2D eigenvalue weighted by atomic mass is 35.5. The van der Waals surface area contributed by atoms with Gasteiger partial charge in [-0.2, -0.15) is 0 Å². The van der Waals surface area contributed by atoms with Gasteiger partial charge in [-0.15, -0.1) is 11.3 Å². The van der Waals surface area contributed by atoms with Gasteiger partial charge in [-0.3, -0.25) is 0 Å². The molecular formula is C18H22Cl2N3S2+. The third-order valence-corrected chi connectivity index (χ3v) is 6.30. The van der Waals surface area contributed by atoms with Crippen LogP contribution in [0.4, 0.5) is 5.69 Å². The molecule has 2 atom stereocenters. The Hall–Kier alpha value is -0.850. The van der Waals surface area contributed by atoms with Crippen LogP contribution in [0.25, 0.3) is 0 Å². The SMILES string of the molecule is C[C@H](NC(=S)Nc1ccc(Cl)cc1Cl)[C@H](c1cccs1)[NH+]1CCCC1. The van der Waals surface area contributed by atoms with Gasteiger partial charge in [0.1, 0.15) is 6.04 Å². The lowest BCUT2D eigenvalue weighted by molar-refractivity contribution is -0.920. The number of rotatable bonds is 5. The van der Waals surface area contributed by atoms with Gasteiger partial charge in [-0.1, -0.05) is 29.3 Å². The Labute approximate surface area is 168 Å². The van der Waals surface area contributed by atoms with Crippen molar-refractivity contribution >= 4 is 57.6 Å². The molecule has 134 valence electrons. The molecular weight excluding hydrogens is 393 g/mol. The summed E-state index contributed by atoms with van der Waals surface area (Å²) in [7, 11) is 0. The maximum atomic E-state index is 6.22. The van der Waals surface area contributed by atoms with E-state index in [1.54, 1.807) is 17.0 Å². The highest BCUT2D eigenvalue weighted by Crippen LogP contribution is 2.25. The Balaban J connectivity index is 1.68. The molecule has 0 amide bonds. The van der Waals surface area contributed by atoms with Crippen LogP contribution in [0.1, 0.15) is 30.7 Å². The Morgan fingerprint density at radius 2 is 2.00 bits per heavy atom. The molecule has 0 saturated carbocycles. The van der Waals surface area contributed by atoms with Crippen molar-refractivity contribution in [2.24, 2.45) is 0 Å². The molecule has 1 fully saturated rings. The lowest BCUT2D eigenvalue weighted by Crippen LogP contribution is -3.11. The quantitative estimate of drug-likeness (QED) is 0.641. The minimum absolute atomic E-state index is 0.220. The summed E-state index contributed by atoms with van der Waals surface area (Å²) in [5, 5.41) is 10.5. The second kappa shape index (κ2) is 8.69. The number of likely N-dealkylation sites (tertiary alicyclic amines) is 1. The van der Waals surface area contributed by atoms with Crippen LogP contribution in [0.15, 0.2) is 35.7 Å².